The van der Waals surface area contributed by atoms with Gasteiger partial charge in [0.1, 0.15) is 0 Å². The second-order valence-corrected chi connectivity index (χ2v) is 6.22. The van der Waals surface area contributed by atoms with Gasteiger partial charge in [-0.05, 0) is 25.2 Å². The minimum absolute atomic E-state index is 0.156. The van der Waals surface area contributed by atoms with Crippen molar-refractivity contribution in [2.45, 2.75) is 45.1 Å². The lowest BCUT2D eigenvalue weighted by molar-refractivity contribution is 0.167. The molecule has 5 heteroatoms. The first-order valence-corrected chi connectivity index (χ1v) is 7.34. The summed E-state index contributed by atoms with van der Waals surface area (Å²) in [6.07, 6.45) is 4.17. The van der Waals surface area contributed by atoms with E-state index in [0.717, 1.165) is 25.7 Å². The Morgan fingerprint density at radius 1 is 1.47 bits per heavy atom. The quantitative estimate of drug-likeness (QED) is 0.688. The van der Waals surface area contributed by atoms with E-state index in [9.17, 15) is 13.5 Å². The van der Waals surface area contributed by atoms with Gasteiger partial charge in [0.2, 0.25) is 10.0 Å². The first kappa shape index (κ1) is 12.9. The van der Waals surface area contributed by atoms with Crippen LogP contribution in [0.15, 0.2) is 0 Å². The highest BCUT2D eigenvalue weighted by molar-refractivity contribution is 7.89. The van der Waals surface area contributed by atoms with Crippen LogP contribution in [0.25, 0.3) is 0 Å². The van der Waals surface area contributed by atoms with Gasteiger partial charge >= 0.3 is 0 Å². The molecule has 1 rings (SSSR count). The molecule has 1 fully saturated rings. The zero-order valence-electron chi connectivity index (χ0n) is 9.28. The molecular weight excluding hydrogens is 214 g/mol. The van der Waals surface area contributed by atoms with Crippen LogP contribution in [0, 0.1) is 5.92 Å². The van der Waals surface area contributed by atoms with Crippen LogP contribution >= 0.6 is 0 Å². The summed E-state index contributed by atoms with van der Waals surface area (Å²) >= 11 is 0. The molecule has 0 aromatic heterocycles. The van der Waals surface area contributed by atoms with Crippen LogP contribution < -0.4 is 4.72 Å². The molecule has 0 bridgehead atoms. The van der Waals surface area contributed by atoms with Crippen molar-refractivity contribution in [2.24, 2.45) is 5.92 Å². The van der Waals surface area contributed by atoms with Gasteiger partial charge in [-0.2, -0.15) is 0 Å². The van der Waals surface area contributed by atoms with Crippen molar-refractivity contribution in [3.8, 4) is 0 Å². The number of nitrogens with one attached hydrogen (secondary N) is 1. The maximum atomic E-state index is 11.5. The molecule has 0 saturated heterocycles. The molecule has 1 saturated carbocycles. The van der Waals surface area contributed by atoms with E-state index in [2.05, 4.69) is 4.72 Å². The molecule has 0 aromatic rings. The molecule has 0 radical (unpaired) electrons. The third-order valence-corrected chi connectivity index (χ3v) is 4.36. The van der Waals surface area contributed by atoms with Crippen molar-refractivity contribution in [1.29, 1.82) is 0 Å². The Morgan fingerprint density at radius 3 is 2.60 bits per heavy atom. The van der Waals surface area contributed by atoms with E-state index in [0.29, 0.717) is 12.3 Å². The van der Waals surface area contributed by atoms with E-state index in [-0.39, 0.29) is 12.3 Å². The molecule has 1 unspecified atom stereocenters. The summed E-state index contributed by atoms with van der Waals surface area (Å²) in [7, 11) is -3.17. The second-order valence-electron chi connectivity index (χ2n) is 4.37. The summed E-state index contributed by atoms with van der Waals surface area (Å²) in [6, 6.07) is 0. The monoisotopic (exact) mass is 235 g/mol. The fourth-order valence-electron chi connectivity index (χ4n) is 1.69. The number of rotatable bonds is 7. The van der Waals surface area contributed by atoms with Crippen LogP contribution in [-0.2, 0) is 10.0 Å². The molecule has 0 amide bonds. The molecule has 15 heavy (non-hydrogen) atoms. The number of aliphatic hydroxyl groups excluding tert-OH is 1. The summed E-state index contributed by atoms with van der Waals surface area (Å²) in [5.41, 5.74) is 0. The van der Waals surface area contributed by atoms with Crippen molar-refractivity contribution in [3.05, 3.63) is 0 Å². The molecule has 0 aliphatic heterocycles. The molecular formula is C10H21NO3S. The Hall–Kier alpha value is -0.130. The number of aliphatic hydroxyl groups is 1. The maximum absolute atomic E-state index is 11.5. The molecule has 2 N–H and O–H groups in total. The van der Waals surface area contributed by atoms with Gasteiger partial charge in [0.25, 0.3) is 0 Å². The molecule has 0 aromatic carbocycles. The maximum Gasteiger partial charge on any atom is 0.211 e. The standard InChI is InChI=1S/C10H21NO3S/c1-2-4-10(12)7-11-15(13,14)8-9-5-3-6-9/h9-12H,2-8H2,1H3. The molecule has 0 spiro atoms. The summed E-state index contributed by atoms with van der Waals surface area (Å²) in [6.45, 7) is 2.12. The first-order chi connectivity index (χ1) is 7.03. The van der Waals surface area contributed by atoms with E-state index in [1.807, 2.05) is 6.92 Å². The highest BCUT2D eigenvalue weighted by Crippen LogP contribution is 2.27. The Kier molecular flexibility index (Phi) is 5.02. The van der Waals surface area contributed by atoms with Crippen molar-refractivity contribution in [3.63, 3.8) is 0 Å². The summed E-state index contributed by atoms with van der Waals surface area (Å²) in [5.74, 6) is 0.567. The zero-order valence-corrected chi connectivity index (χ0v) is 10.1. The summed E-state index contributed by atoms with van der Waals surface area (Å²) < 4.78 is 25.5. The topological polar surface area (TPSA) is 66.4 Å². The van der Waals surface area contributed by atoms with Crippen LogP contribution in [0.4, 0.5) is 0 Å². The third-order valence-electron chi connectivity index (χ3n) is 2.84. The summed E-state index contributed by atoms with van der Waals surface area (Å²) in [5, 5.41) is 9.39. The first-order valence-electron chi connectivity index (χ1n) is 5.69. The molecule has 90 valence electrons. The van der Waals surface area contributed by atoms with Crippen LogP contribution in [0.5, 0.6) is 0 Å². The fourth-order valence-corrected chi connectivity index (χ4v) is 3.21. The largest absolute Gasteiger partial charge is 0.392 e. The smallest absolute Gasteiger partial charge is 0.211 e. The average Bonchev–Trinajstić information content (AvgIpc) is 2.10. The SMILES string of the molecule is CCCC(O)CNS(=O)(=O)CC1CCC1. The lowest BCUT2D eigenvalue weighted by atomic mass is 9.87. The van der Waals surface area contributed by atoms with Crippen LogP contribution in [0.1, 0.15) is 39.0 Å². The fraction of sp³-hybridized carbons (Fsp3) is 1.00. The van der Waals surface area contributed by atoms with Gasteiger partial charge in [-0.15, -0.1) is 0 Å². The molecule has 1 aliphatic rings. The number of sulfonamides is 1. The van der Waals surface area contributed by atoms with Gasteiger partial charge in [0, 0.05) is 6.54 Å². The number of hydrogen-bond donors (Lipinski definition) is 2. The normalized spacial score (nSPS) is 19.9. The van der Waals surface area contributed by atoms with E-state index >= 15 is 0 Å². The van der Waals surface area contributed by atoms with Crippen molar-refractivity contribution in [2.75, 3.05) is 12.3 Å². The van der Waals surface area contributed by atoms with E-state index in [4.69, 9.17) is 0 Å². The van der Waals surface area contributed by atoms with Gasteiger partial charge in [-0.3, -0.25) is 0 Å². The molecule has 4 nitrogen and oxygen atoms in total. The van der Waals surface area contributed by atoms with Crippen molar-refractivity contribution < 1.29 is 13.5 Å². The van der Waals surface area contributed by atoms with Gasteiger partial charge in [-0.25, -0.2) is 13.1 Å². The van der Waals surface area contributed by atoms with Gasteiger partial charge in [0.05, 0.1) is 11.9 Å². The van der Waals surface area contributed by atoms with E-state index in [1.165, 1.54) is 0 Å². The lowest BCUT2D eigenvalue weighted by Crippen LogP contribution is -2.36. The highest BCUT2D eigenvalue weighted by Gasteiger charge is 2.24. The predicted octanol–water partition coefficient (Wildman–Crippen LogP) is 0.867. The van der Waals surface area contributed by atoms with Crippen molar-refractivity contribution >= 4 is 10.0 Å². The van der Waals surface area contributed by atoms with Crippen molar-refractivity contribution in [1.82, 2.24) is 4.72 Å². The average molecular weight is 235 g/mol. The molecule has 0 heterocycles. The zero-order chi connectivity index (χ0) is 11.3. The van der Waals surface area contributed by atoms with E-state index in [1.54, 1.807) is 0 Å². The van der Waals surface area contributed by atoms with Gasteiger partial charge in [-0.1, -0.05) is 19.8 Å². The Bertz CT molecular complexity index is 272. The van der Waals surface area contributed by atoms with Crippen LogP contribution in [0.3, 0.4) is 0 Å². The molecule has 1 aliphatic carbocycles. The van der Waals surface area contributed by atoms with Gasteiger partial charge in [0.15, 0.2) is 0 Å². The lowest BCUT2D eigenvalue weighted by Gasteiger charge is -2.25. The molecule has 1 atom stereocenters. The predicted molar refractivity (Wildman–Crippen MR) is 60.0 cm³/mol. The Morgan fingerprint density at radius 2 is 2.13 bits per heavy atom. The van der Waals surface area contributed by atoms with E-state index < -0.39 is 16.1 Å². The van der Waals surface area contributed by atoms with Crippen LogP contribution in [0.2, 0.25) is 0 Å². The highest BCUT2D eigenvalue weighted by atomic mass is 32.2. The number of hydrogen-bond acceptors (Lipinski definition) is 3. The third kappa shape index (κ3) is 4.95. The van der Waals surface area contributed by atoms with Gasteiger partial charge < -0.3 is 5.11 Å². The minimum Gasteiger partial charge on any atom is -0.392 e. The minimum atomic E-state index is -3.17. The Balaban J connectivity index is 2.22. The Labute approximate surface area is 92.1 Å². The summed E-state index contributed by atoms with van der Waals surface area (Å²) in [4.78, 5) is 0. The van der Waals surface area contributed by atoms with Crippen LogP contribution in [-0.4, -0.2) is 31.9 Å². The second kappa shape index (κ2) is 5.82.